The molecule has 0 saturated heterocycles. The van der Waals surface area contributed by atoms with Crippen molar-refractivity contribution in [2.45, 2.75) is 17.7 Å². The van der Waals surface area contributed by atoms with Crippen molar-refractivity contribution < 1.29 is 13.2 Å². The van der Waals surface area contributed by atoms with E-state index in [2.05, 4.69) is 26.0 Å². The maximum absolute atomic E-state index is 13.7. The van der Waals surface area contributed by atoms with E-state index in [4.69, 9.17) is 0 Å². The van der Waals surface area contributed by atoms with Crippen molar-refractivity contribution in [2.75, 3.05) is 15.9 Å². The van der Waals surface area contributed by atoms with E-state index in [1.807, 2.05) is 72.8 Å². The summed E-state index contributed by atoms with van der Waals surface area (Å²) in [4.78, 5) is 18.5. The van der Waals surface area contributed by atoms with Crippen LogP contribution in [0.2, 0.25) is 0 Å². The van der Waals surface area contributed by atoms with Crippen LogP contribution in [-0.4, -0.2) is 32.1 Å². The van der Waals surface area contributed by atoms with Crippen LogP contribution in [0.3, 0.4) is 0 Å². The van der Waals surface area contributed by atoms with Crippen molar-refractivity contribution in [2.24, 2.45) is 5.10 Å². The van der Waals surface area contributed by atoms with Gasteiger partial charge in [-0.1, -0.05) is 75.8 Å². The molecule has 0 saturated carbocycles. The molecular formula is C30H23BrN4O3S2. The smallest absolute Gasteiger partial charge is 0.267 e. The Morgan fingerprint density at radius 3 is 2.52 bits per heavy atom. The highest BCUT2D eigenvalue weighted by Crippen LogP contribution is 2.33. The maximum Gasteiger partial charge on any atom is 0.280 e. The number of anilines is 2. The van der Waals surface area contributed by atoms with Gasteiger partial charge in [-0.3, -0.25) is 9.10 Å². The number of nitrogens with zero attached hydrogens (tertiary/aromatic N) is 4. The van der Waals surface area contributed by atoms with Gasteiger partial charge in [0.1, 0.15) is 0 Å². The van der Waals surface area contributed by atoms with Gasteiger partial charge in [0.15, 0.2) is 0 Å². The van der Waals surface area contributed by atoms with Gasteiger partial charge in [0.25, 0.3) is 15.9 Å². The minimum atomic E-state index is -3.79. The van der Waals surface area contributed by atoms with Gasteiger partial charge in [-0.25, -0.2) is 13.4 Å². The van der Waals surface area contributed by atoms with Crippen LogP contribution in [0.1, 0.15) is 27.9 Å². The predicted octanol–water partition coefficient (Wildman–Crippen LogP) is 6.88. The van der Waals surface area contributed by atoms with Crippen molar-refractivity contribution in [1.82, 2.24) is 4.98 Å². The molecule has 1 aliphatic rings. The second-order valence-corrected chi connectivity index (χ2v) is 13.0. The van der Waals surface area contributed by atoms with E-state index in [1.54, 1.807) is 6.21 Å². The number of carbonyl (C=O) groups is 1. The molecule has 0 N–H and O–H groups in total. The van der Waals surface area contributed by atoms with E-state index in [1.165, 1.54) is 44.9 Å². The van der Waals surface area contributed by atoms with Crippen LogP contribution in [0.5, 0.6) is 0 Å². The van der Waals surface area contributed by atoms with Gasteiger partial charge in [0.2, 0.25) is 5.13 Å². The standard InChI is InChI=1S/C30H23BrN4O3S2/c31-24-14-17-26-28(19-24)39-30(33-26)35(32-20-21-7-2-1-3-8-21)29(36)23-12-15-25(16-13-23)40(37,38)34-18-6-10-22-9-4-5-11-27(22)34/h1-5,7-9,11-17,19-20H,6,10,18H2/b32-20+. The molecule has 0 spiro atoms. The Hall–Kier alpha value is -3.86. The van der Waals surface area contributed by atoms with Crippen molar-refractivity contribution in [3.63, 3.8) is 0 Å². The first-order valence-electron chi connectivity index (χ1n) is 12.6. The molecule has 2 heterocycles. The van der Waals surface area contributed by atoms with Crippen LogP contribution in [0.25, 0.3) is 10.2 Å². The van der Waals surface area contributed by atoms with Crippen molar-refractivity contribution in [3.8, 4) is 0 Å². The minimum Gasteiger partial charge on any atom is -0.267 e. The lowest BCUT2D eigenvalue weighted by Gasteiger charge is -2.30. The Labute approximate surface area is 244 Å². The number of aryl methyl sites for hydroxylation is 1. The second kappa shape index (κ2) is 11.0. The van der Waals surface area contributed by atoms with E-state index in [0.717, 1.165) is 38.7 Å². The molecule has 0 bridgehead atoms. The number of hydrogen-bond acceptors (Lipinski definition) is 6. The monoisotopic (exact) mass is 630 g/mol. The molecule has 1 amide bonds. The Balaban J connectivity index is 1.33. The molecule has 200 valence electrons. The molecule has 5 aromatic rings. The van der Waals surface area contributed by atoms with Crippen LogP contribution >= 0.6 is 27.3 Å². The Morgan fingerprint density at radius 1 is 0.975 bits per heavy atom. The van der Waals surface area contributed by atoms with E-state index >= 15 is 0 Å². The minimum absolute atomic E-state index is 0.130. The second-order valence-electron chi connectivity index (χ2n) is 9.21. The third-order valence-electron chi connectivity index (χ3n) is 6.59. The largest absolute Gasteiger partial charge is 0.280 e. The summed E-state index contributed by atoms with van der Waals surface area (Å²) < 4.78 is 30.4. The number of hydrogen-bond donors (Lipinski definition) is 0. The predicted molar refractivity (Wildman–Crippen MR) is 164 cm³/mol. The van der Waals surface area contributed by atoms with Crippen LogP contribution in [0.4, 0.5) is 10.8 Å². The molecule has 0 atom stereocenters. The quantitative estimate of drug-likeness (QED) is 0.151. The summed E-state index contributed by atoms with van der Waals surface area (Å²) in [5.74, 6) is -0.419. The van der Waals surface area contributed by atoms with Gasteiger partial charge in [0, 0.05) is 16.6 Å². The summed E-state index contributed by atoms with van der Waals surface area (Å²) in [5, 5.41) is 6.17. The lowest BCUT2D eigenvalue weighted by atomic mass is 10.0. The van der Waals surface area contributed by atoms with E-state index in [-0.39, 0.29) is 4.90 Å². The van der Waals surface area contributed by atoms with Gasteiger partial charge in [0.05, 0.1) is 27.0 Å². The average Bonchev–Trinajstić information content (AvgIpc) is 3.40. The summed E-state index contributed by atoms with van der Waals surface area (Å²) in [6.07, 6.45) is 3.20. The number of amides is 1. The SMILES string of the molecule is O=C(c1ccc(S(=O)(=O)N2CCCc3ccccc32)cc1)N(/N=C/c1ccccc1)c1nc2ccc(Br)cc2s1. The number of rotatable bonds is 6. The Morgan fingerprint density at radius 2 is 1.73 bits per heavy atom. The lowest BCUT2D eigenvalue weighted by molar-refractivity contribution is 0.0987. The molecule has 0 unspecified atom stereocenters. The highest BCUT2D eigenvalue weighted by molar-refractivity contribution is 9.10. The zero-order valence-corrected chi connectivity index (χ0v) is 24.4. The molecule has 4 aromatic carbocycles. The zero-order chi connectivity index (χ0) is 27.7. The summed E-state index contributed by atoms with van der Waals surface area (Å²) in [5.41, 5.74) is 3.59. The number of halogens is 1. The number of para-hydroxylation sites is 1. The van der Waals surface area contributed by atoms with Crippen LogP contribution < -0.4 is 9.31 Å². The van der Waals surface area contributed by atoms with Gasteiger partial charge in [-0.05, 0) is 72.5 Å². The van der Waals surface area contributed by atoms with E-state index in [9.17, 15) is 13.2 Å². The summed E-state index contributed by atoms with van der Waals surface area (Å²) in [7, 11) is -3.79. The number of hydrazone groups is 1. The number of carbonyl (C=O) groups excluding carboxylic acids is 1. The molecule has 0 fully saturated rings. The van der Waals surface area contributed by atoms with Gasteiger partial charge in [-0.2, -0.15) is 10.1 Å². The number of thiazole rings is 1. The van der Waals surface area contributed by atoms with Crippen molar-refractivity contribution in [1.29, 1.82) is 0 Å². The number of aromatic nitrogens is 1. The molecule has 0 aliphatic carbocycles. The van der Waals surface area contributed by atoms with E-state index in [0.29, 0.717) is 22.9 Å². The first-order chi connectivity index (χ1) is 19.4. The summed E-state index contributed by atoms with van der Waals surface area (Å²) >= 11 is 4.83. The third kappa shape index (κ3) is 5.17. The van der Waals surface area contributed by atoms with Crippen LogP contribution in [-0.2, 0) is 16.4 Å². The van der Waals surface area contributed by atoms with Gasteiger partial charge in [-0.15, -0.1) is 0 Å². The van der Waals surface area contributed by atoms with Crippen molar-refractivity contribution in [3.05, 3.63) is 118 Å². The van der Waals surface area contributed by atoms with Gasteiger partial charge >= 0.3 is 0 Å². The topological polar surface area (TPSA) is 82.9 Å². The van der Waals surface area contributed by atoms with Crippen molar-refractivity contribution >= 4 is 70.4 Å². The number of benzene rings is 4. The highest BCUT2D eigenvalue weighted by atomic mass is 79.9. The summed E-state index contributed by atoms with van der Waals surface area (Å²) in [6.45, 7) is 0.412. The normalized spacial score (nSPS) is 13.5. The third-order valence-corrected chi connectivity index (χ3v) is 9.91. The average molecular weight is 632 g/mol. The lowest BCUT2D eigenvalue weighted by Crippen LogP contribution is -2.35. The van der Waals surface area contributed by atoms with Crippen LogP contribution in [0, 0.1) is 0 Å². The fraction of sp³-hybridized carbons (Fsp3) is 0.100. The first-order valence-corrected chi connectivity index (χ1v) is 15.7. The Kier molecular flexibility index (Phi) is 7.22. The number of fused-ring (bicyclic) bond motifs is 2. The molecular weight excluding hydrogens is 608 g/mol. The zero-order valence-electron chi connectivity index (χ0n) is 21.1. The van der Waals surface area contributed by atoms with Crippen LogP contribution in [0.15, 0.2) is 112 Å². The molecule has 7 nitrogen and oxygen atoms in total. The first kappa shape index (κ1) is 26.4. The maximum atomic E-state index is 13.7. The highest BCUT2D eigenvalue weighted by Gasteiger charge is 2.29. The van der Waals surface area contributed by atoms with E-state index < -0.39 is 15.9 Å². The molecule has 1 aliphatic heterocycles. The molecule has 6 rings (SSSR count). The molecule has 10 heteroatoms. The molecule has 0 radical (unpaired) electrons. The fourth-order valence-electron chi connectivity index (χ4n) is 4.60. The Bertz CT molecular complexity index is 1840. The molecule has 1 aromatic heterocycles. The number of sulfonamides is 1. The molecule has 40 heavy (non-hydrogen) atoms. The van der Waals surface area contributed by atoms with Gasteiger partial charge < -0.3 is 0 Å². The fourth-order valence-corrected chi connectivity index (χ4v) is 7.61. The summed E-state index contributed by atoms with van der Waals surface area (Å²) in [6, 6.07) is 28.8.